The van der Waals surface area contributed by atoms with E-state index in [-0.39, 0.29) is 0 Å². The second kappa shape index (κ2) is 8.60. The average Bonchev–Trinajstić information content (AvgIpc) is 2.12. The van der Waals surface area contributed by atoms with E-state index in [1.807, 2.05) is 17.8 Å². The van der Waals surface area contributed by atoms with Crippen LogP contribution in [0.5, 0.6) is 0 Å². The van der Waals surface area contributed by atoms with E-state index >= 15 is 0 Å². The lowest BCUT2D eigenvalue weighted by atomic mass is 10.3. The fourth-order valence-corrected chi connectivity index (χ4v) is 1.79. The summed E-state index contributed by atoms with van der Waals surface area (Å²) >= 11 is 1.90. The minimum atomic E-state index is 0.667. The van der Waals surface area contributed by atoms with E-state index in [1.54, 1.807) is 0 Å². The fraction of sp³-hybridized carbons (Fsp3) is 0.800. The van der Waals surface area contributed by atoms with E-state index in [2.05, 4.69) is 37.0 Å². The summed E-state index contributed by atoms with van der Waals surface area (Å²) in [7, 11) is 2.18. The van der Waals surface area contributed by atoms with Crippen molar-refractivity contribution in [3.8, 4) is 0 Å². The summed E-state index contributed by atoms with van der Waals surface area (Å²) in [6.07, 6.45) is 4.05. The molecule has 0 aromatic rings. The highest BCUT2D eigenvalue weighted by atomic mass is 32.2. The third kappa shape index (κ3) is 7.11. The van der Waals surface area contributed by atoms with Crippen LogP contribution in [-0.4, -0.2) is 49.6 Å². The largest absolute Gasteiger partial charge is 0.312 e. The smallest absolute Gasteiger partial charge is 0.0155 e. The molecule has 13 heavy (non-hydrogen) atoms. The highest BCUT2D eigenvalue weighted by Gasteiger charge is 2.06. The van der Waals surface area contributed by atoms with Crippen LogP contribution in [0.4, 0.5) is 0 Å². The Balaban J connectivity index is 3.37. The first-order valence-corrected chi connectivity index (χ1v) is 6.12. The van der Waals surface area contributed by atoms with Crippen LogP contribution in [0.1, 0.15) is 6.92 Å². The van der Waals surface area contributed by atoms with Crippen LogP contribution < -0.4 is 5.32 Å². The lowest BCUT2D eigenvalue weighted by Gasteiger charge is -2.23. The van der Waals surface area contributed by atoms with E-state index in [4.69, 9.17) is 0 Å². The molecule has 0 rings (SSSR count). The molecule has 0 radical (unpaired) electrons. The first-order chi connectivity index (χ1) is 6.22. The van der Waals surface area contributed by atoms with Crippen molar-refractivity contribution < 1.29 is 0 Å². The van der Waals surface area contributed by atoms with Crippen LogP contribution in [0, 0.1) is 0 Å². The van der Waals surface area contributed by atoms with Crippen molar-refractivity contribution in [2.45, 2.75) is 13.0 Å². The van der Waals surface area contributed by atoms with Gasteiger partial charge in [-0.3, -0.25) is 0 Å². The van der Waals surface area contributed by atoms with Crippen LogP contribution in [0.25, 0.3) is 0 Å². The molecular weight excluding hydrogens is 180 g/mol. The Kier molecular flexibility index (Phi) is 8.61. The zero-order valence-corrected chi connectivity index (χ0v) is 9.86. The van der Waals surface area contributed by atoms with Gasteiger partial charge in [-0.1, -0.05) is 6.08 Å². The van der Waals surface area contributed by atoms with Crippen molar-refractivity contribution in [3.05, 3.63) is 12.7 Å². The molecular formula is C10H22N2S. The number of rotatable bonds is 8. The molecule has 1 atom stereocenters. The zero-order valence-electron chi connectivity index (χ0n) is 9.05. The zero-order chi connectivity index (χ0) is 10.1. The molecule has 0 aliphatic carbocycles. The van der Waals surface area contributed by atoms with Gasteiger partial charge in [-0.2, -0.15) is 11.8 Å². The summed E-state index contributed by atoms with van der Waals surface area (Å²) in [6, 6.07) is 0.667. The van der Waals surface area contributed by atoms with Gasteiger partial charge in [0.2, 0.25) is 0 Å². The summed E-state index contributed by atoms with van der Waals surface area (Å²) < 4.78 is 0. The normalized spacial score (nSPS) is 13.2. The minimum absolute atomic E-state index is 0.667. The maximum atomic E-state index is 3.66. The number of thioether (sulfide) groups is 1. The third-order valence-electron chi connectivity index (χ3n) is 2.09. The van der Waals surface area contributed by atoms with Crippen LogP contribution >= 0.6 is 11.8 Å². The molecule has 0 aromatic heterocycles. The highest BCUT2D eigenvalue weighted by molar-refractivity contribution is 7.98. The SMILES string of the molecule is C=CCNCCN(C)C(C)CSC. The Morgan fingerprint density at radius 1 is 1.62 bits per heavy atom. The lowest BCUT2D eigenvalue weighted by Crippen LogP contribution is -2.36. The molecule has 0 spiro atoms. The molecule has 78 valence electrons. The van der Waals surface area contributed by atoms with Crippen LogP contribution in [0.3, 0.4) is 0 Å². The van der Waals surface area contributed by atoms with E-state index < -0.39 is 0 Å². The third-order valence-corrected chi connectivity index (χ3v) is 2.91. The van der Waals surface area contributed by atoms with Gasteiger partial charge in [0.15, 0.2) is 0 Å². The van der Waals surface area contributed by atoms with Crippen LogP contribution in [0.15, 0.2) is 12.7 Å². The first kappa shape index (κ1) is 13.0. The van der Waals surface area contributed by atoms with Gasteiger partial charge in [0.05, 0.1) is 0 Å². The van der Waals surface area contributed by atoms with Gasteiger partial charge >= 0.3 is 0 Å². The van der Waals surface area contributed by atoms with Crippen molar-refractivity contribution in [3.63, 3.8) is 0 Å². The quantitative estimate of drug-likeness (QED) is 0.474. The number of hydrogen-bond donors (Lipinski definition) is 1. The number of nitrogens with one attached hydrogen (secondary N) is 1. The molecule has 1 unspecified atom stereocenters. The molecule has 1 N–H and O–H groups in total. The molecule has 0 saturated carbocycles. The fourth-order valence-electron chi connectivity index (χ4n) is 1.05. The second-order valence-electron chi connectivity index (χ2n) is 3.28. The van der Waals surface area contributed by atoms with E-state index in [0.717, 1.165) is 19.6 Å². The van der Waals surface area contributed by atoms with Gasteiger partial charge in [-0.05, 0) is 20.2 Å². The van der Waals surface area contributed by atoms with Gasteiger partial charge in [0.1, 0.15) is 0 Å². The summed E-state index contributed by atoms with van der Waals surface area (Å²) in [5.41, 5.74) is 0. The molecule has 2 nitrogen and oxygen atoms in total. The maximum Gasteiger partial charge on any atom is 0.0155 e. The highest BCUT2D eigenvalue weighted by Crippen LogP contribution is 2.02. The van der Waals surface area contributed by atoms with Crippen molar-refractivity contribution in [1.29, 1.82) is 0 Å². The lowest BCUT2D eigenvalue weighted by molar-refractivity contribution is 0.278. The molecule has 0 heterocycles. The van der Waals surface area contributed by atoms with Gasteiger partial charge in [0, 0.05) is 31.4 Å². The topological polar surface area (TPSA) is 15.3 Å². The first-order valence-electron chi connectivity index (χ1n) is 4.73. The molecule has 0 saturated heterocycles. The predicted octanol–water partition coefficient (Wildman–Crippen LogP) is 1.45. The van der Waals surface area contributed by atoms with E-state index in [0.29, 0.717) is 6.04 Å². The Morgan fingerprint density at radius 2 is 2.31 bits per heavy atom. The molecule has 0 aromatic carbocycles. The Labute approximate surface area is 86.8 Å². The van der Waals surface area contributed by atoms with Gasteiger partial charge in [0.25, 0.3) is 0 Å². The van der Waals surface area contributed by atoms with Gasteiger partial charge in [-0.15, -0.1) is 6.58 Å². The summed E-state index contributed by atoms with van der Waals surface area (Å²) in [5.74, 6) is 1.21. The maximum absolute atomic E-state index is 3.66. The summed E-state index contributed by atoms with van der Waals surface area (Å²) in [5, 5.41) is 3.30. The Bertz CT molecular complexity index is 128. The molecule has 3 heteroatoms. The van der Waals surface area contributed by atoms with E-state index in [1.165, 1.54) is 5.75 Å². The number of hydrogen-bond acceptors (Lipinski definition) is 3. The van der Waals surface area contributed by atoms with E-state index in [9.17, 15) is 0 Å². The van der Waals surface area contributed by atoms with Gasteiger partial charge < -0.3 is 10.2 Å². The summed E-state index contributed by atoms with van der Waals surface area (Å²) in [4.78, 5) is 2.38. The number of likely N-dealkylation sites (N-methyl/N-ethyl adjacent to an activating group) is 1. The number of nitrogens with zero attached hydrogens (tertiary/aromatic N) is 1. The van der Waals surface area contributed by atoms with Crippen LogP contribution in [-0.2, 0) is 0 Å². The average molecular weight is 202 g/mol. The van der Waals surface area contributed by atoms with Crippen molar-refractivity contribution in [2.24, 2.45) is 0 Å². The van der Waals surface area contributed by atoms with Crippen LogP contribution in [0.2, 0.25) is 0 Å². The van der Waals surface area contributed by atoms with Crippen molar-refractivity contribution >= 4 is 11.8 Å². The summed E-state index contributed by atoms with van der Waals surface area (Å²) in [6.45, 7) is 8.99. The second-order valence-corrected chi connectivity index (χ2v) is 4.19. The Hall–Kier alpha value is 0.0100. The van der Waals surface area contributed by atoms with Crippen molar-refractivity contribution in [1.82, 2.24) is 10.2 Å². The van der Waals surface area contributed by atoms with Crippen molar-refractivity contribution in [2.75, 3.05) is 38.7 Å². The monoisotopic (exact) mass is 202 g/mol. The van der Waals surface area contributed by atoms with Gasteiger partial charge in [-0.25, -0.2) is 0 Å². The minimum Gasteiger partial charge on any atom is -0.312 e. The molecule has 0 aliphatic heterocycles. The standard InChI is InChI=1S/C10H22N2S/c1-5-6-11-7-8-12(3)10(2)9-13-4/h5,10-11H,1,6-9H2,2-4H3. The molecule has 0 aliphatic rings. The predicted molar refractivity (Wildman–Crippen MR) is 63.5 cm³/mol. The molecule has 0 amide bonds. The Morgan fingerprint density at radius 3 is 2.85 bits per heavy atom. The molecule has 0 fully saturated rings. The molecule has 0 bridgehead atoms.